The first-order valence-corrected chi connectivity index (χ1v) is 7.13. The molecule has 0 fully saturated rings. The maximum absolute atomic E-state index is 10.7. The summed E-state index contributed by atoms with van der Waals surface area (Å²) in [6.07, 6.45) is 0. The predicted octanol–water partition coefficient (Wildman–Crippen LogP) is 2.80. The quantitative estimate of drug-likeness (QED) is 0.468. The molecule has 0 N–H and O–H groups in total. The highest BCUT2D eigenvalue weighted by Crippen LogP contribution is 2.48. The Morgan fingerprint density at radius 1 is 1.29 bits per heavy atom. The zero-order chi connectivity index (χ0) is 13.1. The van der Waals surface area contributed by atoms with Gasteiger partial charge in [-0.2, -0.15) is 0 Å². The minimum absolute atomic E-state index is 0.0613. The Hall–Kier alpha value is -1.01. The van der Waals surface area contributed by atoms with Gasteiger partial charge in [0, 0.05) is 32.1 Å². The summed E-state index contributed by atoms with van der Waals surface area (Å²) in [4.78, 5) is 10.2. The molecule has 0 aliphatic heterocycles. The lowest BCUT2D eigenvalue weighted by Gasteiger charge is -2.18. The lowest BCUT2D eigenvalue weighted by atomic mass is 10.2. The fraction of sp³-hybridized carbons (Fsp3) is 0.333. The Kier molecular flexibility index (Phi) is 4.59. The van der Waals surface area contributed by atoms with Crippen molar-refractivity contribution in [2.45, 2.75) is 6.92 Å². The van der Waals surface area contributed by atoms with E-state index in [1.54, 1.807) is 13.0 Å². The lowest BCUT2D eigenvalue weighted by molar-refractivity contribution is -0.384. The molecule has 17 heavy (non-hydrogen) atoms. The third-order valence-electron chi connectivity index (χ3n) is 1.91. The van der Waals surface area contributed by atoms with E-state index in [1.165, 1.54) is 26.4 Å². The van der Waals surface area contributed by atoms with Gasteiger partial charge in [-0.15, -0.1) is 0 Å². The van der Waals surface area contributed by atoms with E-state index in [2.05, 4.69) is 0 Å². The molecule has 1 rings (SSSR count). The summed E-state index contributed by atoms with van der Waals surface area (Å²) in [6.45, 7) is -1.14. The number of nitrogens with zero attached hydrogens (tertiary/aromatic N) is 1. The Balaban J connectivity index is 3.07. The molecule has 0 heterocycles. The molecule has 0 amide bonds. The molecule has 0 radical (unpaired) electrons. The molecular formula is C9H12NO5PS. The van der Waals surface area contributed by atoms with Crippen molar-refractivity contribution in [3.8, 4) is 5.75 Å². The van der Waals surface area contributed by atoms with Crippen molar-refractivity contribution in [2.24, 2.45) is 0 Å². The van der Waals surface area contributed by atoms with E-state index in [-0.39, 0.29) is 11.4 Å². The lowest BCUT2D eigenvalue weighted by Crippen LogP contribution is -1.98. The molecule has 0 aliphatic rings. The number of hydrogen-bond donors (Lipinski definition) is 0. The fourth-order valence-corrected chi connectivity index (χ4v) is 2.08. The molecule has 1 aromatic carbocycles. The first-order chi connectivity index (χ1) is 7.90. The van der Waals surface area contributed by atoms with Crippen molar-refractivity contribution in [1.29, 1.82) is 0 Å². The summed E-state index contributed by atoms with van der Waals surface area (Å²) in [6, 6.07) is 4.36. The van der Waals surface area contributed by atoms with Crippen molar-refractivity contribution in [3.63, 3.8) is 0 Å². The highest BCUT2D eigenvalue weighted by molar-refractivity contribution is 8.07. The van der Waals surface area contributed by atoms with Crippen LogP contribution in [-0.4, -0.2) is 19.1 Å². The number of benzene rings is 1. The van der Waals surface area contributed by atoms with Crippen LogP contribution in [-0.2, 0) is 20.9 Å². The minimum atomic E-state index is -2.86. The summed E-state index contributed by atoms with van der Waals surface area (Å²) in [5, 5.41) is 10.7. The fourth-order valence-electron chi connectivity index (χ4n) is 1.16. The molecule has 0 saturated heterocycles. The maximum atomic E-state index is 10.7. The number of aryl methyl sites for hydroxylation is 1. The molecule has 6 nitrogen and oxygen atoms in total. The first kappa shape index (κ1) is 14.1. The van der Waals surface area contributed by atoms with Gasteiger partial charge in [-0.3, -0.25) is 10.1 Å². The third-order valence-corrected chi connectivity index (χ3v) is 4.36. The number of rotatable bonds is 5. The number of nitro benzene ring substituents is 1. The van der Waals surface area contributed by atoms with Crippen molar-refractivity contribution < 1.29 is 18.5 Å². The molecule has 0 spiro atoms. The largest absolute Gasteiger partial charge is 0.424 e. The van der Waals surface area contributed by atoms with E-state index in [0.29, 0.717) is 5.56 Å². The summed E-state index contributed by atoms with van der Waals surface area (Å²) in [7, 11) is 2.74. The zero-order valence-corrected chi connectivity index (χ0v) is 11.3. The second-order valence-corrected chi connectivity index (χ2v) is 6.31. The number of nitro groups is 1. The molecule has 8 heteroatoms. The monoisotopic (exact) mass is 277 g/mol. The van der Waals surface area contributed by atoms with Crippen LogP contribution in [0.3, 0.4) is 0 Å². The van der Waals surface area contributed by atoms with Crippen LogP contribution in [0.1, 0.15) is 5.56 Å². The van der Waals surface area contributed by atoms with Gasteiger partial charge in [0.25, 0.3) is 5.69 Å². The summed E-state index contributed by atoms with van der Waals surface area (Å²) in [5.41, 5.74) is 0.636. The van der Waals surface area contributed by atoms with Crippen LogP contribution in [0.4, 0.5) is 5.69 Å². The zero-order valence-electron chi connectivity index (χ0n) is 9.58. The van der Waals surface area contributed by atoms with Gasteiger partial charge < -0.3 is 13.6 Å². The molecule has 94 valence electrons. The molecule has 0 saturated carbocycles. The maximum Gasteiger partial charge on any atom is 0.380 e. The van der Waals surface area contributed by atoms with Gasteiger partial charge in [0.05, 0.1) is 11.0 Å². The van der Waals surface area contributed by atoms with E-state index in [1.807, 2.05) is 0 Å². The summed E-state index contributed by atoms with van der Waals surface area (Å²) in [5.74, 6) is 0.267. The molecule has 0 unspecified atom stereocenters. The molecule has 0 atom stereocenters. The van der Waals surface area contributed by atoms with Gasteiger partial charge in [0.1, 0.15) is 5.75 Å². The van der Waals surface area contributed by atoms with Crippen LogP contribution in [0.15, 0.2) is 18.2 Å². The van der Waals surface area contributed by atoms with Gasteiger partial charge in [-0.05, 0) is 18.6 Å². The topological polar surface area (TPSA) is 70.8 Å². The van der Waals surface area contributed by atoms with Gasteiger partial charge in [0.15, 0.2) is 0 Å². The van der Waals surface area contributed by atoms with E-state index < -0.39 is 11.6 Å². The summed E-state index contributed by atoms with van der Waals surface area (Å²) < 4.78 is 15.2. The second-order valence-electron chi connectivity index (χ2n) is 3.17. The van der Waals surface area contributed by atoms with Gasteiger partial charge >= 0.3 is 6.72 Å². The summed E-state index contributed by atoms with van der Waals surface area (Å²) >= 11 is 5.01. The van der Waals surface area contributed by atoms with Gasteiger partial charge in [-0.1, -0.05) is 0 Å². The number of hydrogen-bond acceptors (Lipinski definition) is 6. The highest BCUT2D eigenvalue weighted by atomic mass is 32.5. The Morgan fingerprint density at radius 2 is 1.88 bits per heavy atom. The van der Waals surface area contributed by atoms with Crippen molar-refractivity contribution >= 4 is 24.2 Å². The van der Waals surface area contributed by atoms with E-state index in [0.717, 1.165) is 0 Å². The van der Waals surface area contributed by atoms with E-state index in [9.17, 15) is 10.1 Å². The van der Waals surface area contributed by atoms with Crippen molar-refractivity contribution in [3.05, 3.63) is 33.9 Å². The molecular weight excluding hydrogens is 265 g/mol. The van der Waals surface area contributed by atoms with Crippen LogP contribution in [0, 0.1) is 17.0 Å². The smallest absolute Gasteiger partial charge is 0.380 e. The third kappa shape index (κ3) is 3.74. The average molecular weight is 277 g/mol. The second kappa shape index (κ2) is 5.55. The Morgan fingerprint density at radius 3 is 2.35 bits per heavy atom. The minimum Gasteiger partial charge on any atom is -0.424 e. The SMILES string of the molecule is COP(=S)(OC)Oc1cc(C)cc([N+](=O)[O-])c1. The van der Waals surface area contributed by atoms with Crippen LogP contribution >= 0.6 is 6.72 Å². The molecule has 0 aliphatic carbocycles. The van der Waals surface area contributed by atoms with Gasteiger partial charge in [0.2, 0.25) is 0 Å². The van der Waals surface area contributed by atoms with Crippen LogP contribution in [0.2, 0.25) is 0 Å². The average Bonchev–Trinajstić information content (AvgIpc) is 2.28. The van der Waals surface area contributed by atoms with Crippen LogP contribution in [0.5, 0.6) is 5.75 Å². The molecule has 1 aromatic rings. The van der Waals surface area contributed by atoms with Crippen molar-refractivity contribution in [1.82, 2.24) is 0 Å². The Bertz CT molecular complexity index is 470. The Labute approximate surface area is 104 Å². The van der Waals surface area contributed by atoms with Crippen molar-refractivity contribution in [2.75, 3.05) is 14.2 Å². The van der Waals surface area contributed by atoms with Crippen LogP contribution < -0.4 is 4.52 Å². The number of non-ortho nitro benzene ring substituents is 1. The molecule has 0 bridgehead atoms. The predicted molar refractivity (Wildman–Crippen MR) is 66.8 cm³/mol. The van der Waals surface area contributed by atoms with Gasteiger partial charge in [-0.25, -0.2) is 0 Å². The van der Waals surface area contributed by atoms with E-state index >= 15 is 0 Å². The molecule has 0 aromatic heterocycles. The van der Waals surface area contributed by atoms with Crippen LogP contribution in [0.25, 0.3) is 0 Å². The van der Waals surface area contributed by atoms with E-state index in [4.69, 9.17) is 25.4 Å². The first-order valence-electron chi connectivity index (χ1n) is 4.57. The highest BCUT2D eigenvalue weighted by Gasteiger charge is 2.20. The standard InChI is InChI=1S/C9H12NO5PS/c1-7-4-8(10(11)12)6-9(5-7)15-16(17,13-2)14-3/h4-6H,1-3H3. The normalized spacial score (nSPS) is 11.2.